The van der Waals surface area contributed by atoms with Gasteiger partial charge in [0, 0.05) is 12.1 Å². The van der Waals surface area contributed by atoms with Gasteiger partial charge in [-0.2, -0.15) is 0 Å². The summed E-state index contributed by atoms with van der Waals surface area (Å²) in [6.07, 6.45) is 4.19. The summed E-state index contributed by atoms with van der Waals surface area (Å²) in [7, 11) is 0. The second-order valence-electron chi connectivity index (χ2n) is 4.69. The highest BCUT2D eigenvalue weighted by molar-refractivity contribution is 5.85. The minimum Gasteiger partial charge on any atom is -0.478 e. The monoisotopic (exact) mass is 284 g/mol. The molecule has 0 fully saturated rings. The Morgan fingerprint density at radius 3 is 2.48 bits per heavy atom. The molecule has 0 unspecified atom stereocenters. The van der Waals surface area contributed by atoms with Crippen molar-refractivity contribution in [1.82, 2.24) is 4.98 Å². The van der Waals surface area contributed by atoms with Crippen LogP contribution in [0.1, 0.15) is 16.7 Å². The molecular weight excluding hydrogens is 268 g/mol. The number of hydrogen-bond donors (Lipinski definition) is 2. The Kier molecular flexibility index (Phi) is 4.23. The summed E-state index contributed by atoms with van der Waals surface area (Å²) in [5, 5.41) is 8.66. The van der Waals surface area contributed by atoms with Crippen LogP contribution in [0.5, 0.6) is 11.6 Å². The zero-order valence-corrected chi connectivity index (χ0v) is 11.8. The van der Waals surface area contributed by atoms with Crippen LogP contribution in [-0.4, -0.2) is 16.1 Å². The third-order valence-corrected chi connectivity index (χ3v) is 2.87. The zero-order valence-electron chi connectivity index (χ0n) is 11.8. The number of ether oxygens (including phenoxy) is 1. The number of aromatic nitrogens is 1. The Labute approximate surface area is 122 Å². The van der Waals surface area contributed by atoms with Crippen molar-refractivity contribution < 1.29 is 14.6 Å². The normalized spacial score (nSPS) is 10.8. The molecule has 1 heterocycles. The molecule has 0 aliphatic carbocycles. The molecule has 0 radical (unpaired) electrons. The van der Waals surface area contributed by atoms with Crippen LogP contribution >= 0.6 is 0 Å². The van der Waals surface area contributed by atoms with Crippen molar-refractivity contribution in [2.75, 3.05) is 5.73 Å². The van der Waals surface area contributed by atoms with Crippen LogP contribution in [0.2, 0.25) is 0 Å². The van der Waals surface area contributed by atoms with Crippen LogP contribution in [0.25, 0.3) is 6.08 Å². The molecule has 5 heteroatoms. The molecule has 0 saturated heterocycles. The summed E-state index contributed by atoms with van der Waals surface area (Å²) in [5.74, 6) is 0.195. The molecule has 2 rings (SSSR count). The third kappa shape index (κ3) is 3.82. The fourth-order valence-corrected chi connectivity index (χ4v) is 1.97. The van der Waals surface area contributed by atoms with Gasteiger partial charge in [-0.1, -0.05) is 0 Å². The van der Waals surface area contributed by atoms with Gasteiger partial charge in [0.25, 0.3) is 0 Å². The van der Waals surface area contributed by atoms with Crippen LogP contribution in [0.4, 0.5) is 5.69 Å². The van der Waals surface area contributed by atoms with Crippen LogP contribution in [0, 0.1) is 13.8 Å². The van der Waals surface area contributed by atoms with E-state index in [2.05, 4.69) is 4.98 Å². The van der Waals surface area contributed by atoms with E-state index in [9.17, 15) is 4.79 Å². The molecule has 0 aliphatic heterocycles. The van der Waals surface area contributed by atoms with Crippen molar-refractivity contribution in [2.45, 2.75) is 13.8 Å². The Hall–Kier alpha value is -2.82. The van der Waals surface area contributed by atoms with Gasteiger partial charge in [0.15, 0.2) is 0 Å². The van der Waals surface area contributed by atoms with Gasteiger partial charge >= 0.3 is 5.97 Å². The largest absolute Gasteiger partial charge is 0.478 e. The van der Waals surface area contributed by atoms with Gasteiger partial charge in [0.05, 0.1) is 11.9 Å². The molecule has 0 amide bonds. The second-order valence-corrected chi connectivity index (χ2v) is 4.69. The minimum atomic E-state index is -0.975. The van der Waals surface area contributed by atoms with Crippen molar-refractivity contribution in [3.63, 3.8) is 0 Å². The smallest absolute Gasteiger partial charge is 0.328 e. The van der Waals surface area contributed by atoms with E-state index in [1.807, 2.05) is 26.0 Å². The van der Waals surface area contributed by atoms with Gasteiger partial charge in [0.2, 0.25) is 5.88 Å². The molecule has 1 aromatic heterocycles. The predicted molar refractivity (Wildman–Crippen MR) is 81.3 cm³/mol. The van der Waals surface area contributed by atoms with Gasteiger partial charge in [-0.3, -0.25) is 0 Å². The average molecular weight is 284 g/mol. The first-order valence-corrected chi connectivity index (χ1v) is 6.37. The number of carboxylic acids is 1. The van der Waals surface area contributed by atoms with E-state index in [-0.39, 0.29) is 0 Å². The Morgan fingerprint density at radius 2 is 1.95 bits per heavy atom. The first-order valence-electron chi connectivity index (χ1n) is 6.37. The molecule has 5 nitrogen and oxygen atoms in total. The lowest BCUT2D eigenvalue weighted by atomic mass is 10.1. The van der Waals surface area contributed by atoms with E-state index >= 15 is 0 Å². The van der Waals surface area contributed by atoms with E-state index in [0.29, 0.717) is 17.3 Å². The lowest BCUT2D eigenvalue weighted by Crippen LogP contribution is -1.95. The molecule has 3 N–H and O–H groups in total. The summed E-state index contributed by atoms with van der Waals surface area (Å²) in [4.78, 5) is 14.6. The second kappa shape index (κ2) is 6.09. The standard InChI is InChI=1S/C16H16N2O3/c1-10-7-12(3-6-15(19)20)8-11(2)16(10)21-14-5-4-13(17)9-18-14/h3-9H,17H2,1-2H3,(H,19,20). The Morgan fingerprint density at radius 1 is 1.29 bits per heavy atom. The van der Waals surface area contributed by atoms with Gasteiger partial charge in [-0.15, -0.1) is 0 Å². The molecule has 0 spiro atoms. The van der Waals surface area contributed by atoms with Crippen molar-refractivity contribution in [1.29, 1.82) is 0 Å². The summed E-state index contributed by atoms with van der Waals surface area (Å²) in [6, 6.07) is 7.14. The number of rotatable bonds is 4. The molecule has 0 bridgehead atoms. The minimum absolute atomic E-state index is 0.462. The maximum atomic E-state index is 10.5. The first kappa shape index (κ1) is 14.6. The van der Waals surface area contributed by atoms with Crippen molar-refractivity contribution in [2.24, 2.45) is 0 Å². The fraction of sp³-hybridized carbons (Fsp3) is 0.125. The van der Waals surface area contributed by atoms with Crippen molar-refractivity contribution >= 4 is 17.7 Å². The van der Waals surface area contributed by atoms with E-state index in [1.165, 1.54) is 6.20 Å². The topological polar surface area (TPSA) is 85.4 Å². The summed E-state index contributed by atoms with van der Waals surface area (Å²) >= 11 is 0. The highest BCUT2D eigenvalue weighted by atomic mass is 16.5. The predicted octanol–water partition coefficient (Wildman–Crippen LogP) is 3.17. The molecule has 0 aliphatic rings. The van der Waals surface area contributed by atoms with E-state index in [0.717, 1.165) is 22.8 Å². The van der Waals surface area contributed by atoms with Crippen molar-refractivity contribution in [3.05, 3.63) is 53.2 Å². The number of pyridine rings is 1. The van der Waals surface area contributed by atoms with Gasteiger partial charge < -0.3 is 15.6 Å². The Bertz CT molecular complexity index is 668. The first-order chi connectivity index (χ1) is 9.95. The number of aryl methyl sites for hydroxylation is 2. The molecule has 108 valence electrons. The van der Waals surface area contributed by atoms with Gasteiger partial charge in [0.1, 0.15) is 5.75 Å². The number of benzene rings is 1. The van der Waals surface area contributed by atoms with Crippen LogP contribution in [0.3, 0.4) is 0 Å². The SMILES string of the molecule is Cc1cc(C=CC(=O)O)cc(C)c1Oc1ccc(N)cn1. The van der Waals surface area contributed by atoms with E-state index < -0.39 is 5.97 Å². The van der Waals surface area contributed by atoms with Crippen molar-refractivity contribution in [3.8, 4) is 11.6 Å². The highest BCUT2D eigenvalue weighted by Crippen LogP contribution is 2.29. The maximum Gasteiger partial charge on any atom is 0.328 e. The van der Waals surface area contributed by atoms with E-state index in [1.54, 1.807) is 18.2 Å². The van der Waals surface area contributed by atoms with Gasteiger partial charge in [-0.05, 0) is 54.8 Å². The molecule has 2 aromatic rings. The zero-order chi connectivity index (χ0) is 15.4. The molecule has 0 atom stereocenters. The molecule has 1 aromatic carbocycles. The van der Waals surface area contributed by atoms with E-state index in [4.69, 9.17) is 15.6 Å². The lowest BCUT2D eigenvalue weighted by molar-refractivity contribution is -0.131. The number of anilines is 1. The number of nitrogens with two attached hydrogens (primary N) is 1. The average Bonchev–Trinajstić information content (AvgIpc) is 2.42. The Balaban J connectivity index is 2.28. The number of carbonyl (C=O) groups is 1. The number of carboxylic acid groups (broad SMARTS) is 1. The highest BCUT2D eigenvalue weighted by Gasteiger charge is 2.08. The van der Waals surface area contributed by atoms with Crippen LogP contribution < -0.4 is 10.5 Å². The number of nitrogen functional groups attached to an aromatic ring is 1. The molecule has 0 saturated carbocycles. The molecule has 21 heavy (non-hydrogen) atoms. The third-order valence-electron chi connectivity index (χ3n) is 2.87. The number of nitrogens with zero attached hydrogens (tertiary/aromatic N) is 1. The summed E-state index contributed by atoms with van der Waals surface area (Å²) < 4.78 is 5.77. The van der Waals surface area contributed by atoms with Crippen LogP contribution in [0.15, 0.2) is 36.5 Å². The number of aliphatic carboxylic acids is 1. The molecular formula is C16H16N2O3. The fourth-order valence-electron chi connectivity index (χ4n) is 1.97. The summed E-state index contributed by atoms with van der Waals surface area (Å²) in [5.41, 5.74) is 8.77. The lowest BCUT2D eigenvalue weighted by Gasteiger charge is -2.12. The maximum absolute atomic E-state index is 10.5. The quantitative estimate of drug-likeness (QED) is 0.842. The summed E-state index contributed by atoms with van der Waals surface area (Å²) in [6.45, 7) is 3.80. The van der Waals surface area contributed by atoms with Gasteiger partial charge in [-0.25, -0.2) is 9.78 Å². The number of hydrogen-bond acceptors (Lipinski definition) is 4. The van der Waals surface area contributed by atoms with Crippen LogP contribution in [-0.2, 0) is 4.79 Å².